The highest BCUT2D eigenvalue weighted by Gasteiger charge is 2.18. The van der Waals surface area contributed by atoms with Crippen LogP contribution in [0.2, 0.25) is 0 Å². The summed E-state index contributed by atoms with van der Waals surface area (Å²) in [5.41, 5.74) is 7.34. The lowest BCUT2D eigenvalue weighted by molar-refractivity contribution is -0.116. The number of nitrogens with zero attached hydrogens (tertiary/aromatic N) is 4. The standard InChI is InChI=1S/C21H22N6O3/c22-20(29)14-7-8-18(26-10-3-4-11-26)17(13-14)23-19(28)9-12-27-21(30)15-5-1-2-6-16(15)24-25-27/h1-2,5-8,13H,3-4,9-12H2,(H2,22,29)(H,23,28). The number of benzene rings is 2. The number of aromatic nitrogens is 3. The van der Waals surface area contributed by atoms with Gasteiger partial charge < -0.3 is 16.0 Å². The molecule has 9 heteroatoms. The number of nitrogens with one attached hydrogen (secondary N) is 1. The van der Waals surface area contributed by atoms with Gasteiger partial charge in [0.05, 0.1) is 23.3 Å². The van der Waals surface area contributed by atoms with Crippen LogP contribution in [-0.4, -0.2) is 39.9 Å². The van der Waals surface area contributed by atoms with Crippen LogP contribution < -0.4 is 21.5 Å². The highest BCUT2D eigenvalue weighted by molar-refractivity contribution is 5.99. The van der Waals surface area contributed by atoms with E-state index >= 15 is 0 Å². The molecule has 0 unspecified atom stereocenters. The third kappa shape index (κ3) is 4.00. The Kier molecular flexibility index (Phi) is 5.42. The normalized spacial score (nSPS) is 13.5. The van der Waals surface area contributed by atoms with Gasteiger partial charge in [-0.2, -0.15) is 0 Å². The maximum absolute atomic E-state index is 12.6. The van der Waals surface area contributed by atoms with Crippen molar-refractivity contribution in [1.82, 2.24) is 15.0 Å². The number of primary amides is 1. The van der Waals surface area contributed by atoms with E-state index in [-0.39, 0.29) is 24.4 Å². The number of fused-ring (bicyclic) bond motifs is 1. The Balaban J connectivity index is 1.51. The first-order chi connectivity index (χ1) is 14.5. The zero-order valence-corrected chi connectivity index (χ0v) is 16.4. The van der Waals surface area contributed by atoms with Crippen LogP contribution in [0.3, 0.4) is 0 Å². The second-order valence-electron chi connectivity index (χ2n) is 7.22. The van der Waals surface area contributed by atoms with Crippen LogP contribution in [0.25, 0.3) is 10.9 Å². The van der Waals surface area contributed by atoms with E-state index < -0.39 is 5.91 Å². The minimum absolute atomic E-state index is 0.0349. The summed E-state index contributed by atoms with van der Waals surface area (Å²) in [5, 5.41) is 11.2. The fraction of sp³-hybridized carbons (Fsp3) is 0.286. The first kappa shape index (κ1) is 19.6. The SMILES string of the molecule is NC(=O)c1ccc(N2CCCC2)c(NC(=O)CCn2nnc3ccccc3c2=O)c1. The average molecular weight is 406 g/mol. The molecule has 0 saturated carbocycles. The second-order valence-corrected chi connectivity index (χ2v) is 7.22. The molecule has 1 fully saturated rings. The molecular weight excluding hydrogens is 384 g/mol. The number of carbonyl (C=O) groups excluding carboxylic acids is 2. The fourth-order valence-corrected chi connectivity index (χ4v) is 3.61. The van der Waals surface area contributed by atoms with Gasteiger partial charge in [0.25, 0.3) is 5.56 Å². The molecule has 4 rings (SSSR count). The smallest absolute Gasteiger partial charge is 0.277 e. The van der Waals surface area contributed by atoms with E-state index in [4.69, 9.17) is 5.73 Å². The summed E-state index contributed by atoms with van der Waals surface area (Å²) in [7, 11) is 0. The molecule has 1 saturated heterocycles. The van der Waals surface area contributed by atoms with E-state index in [0.29, 0.717) is 22.2 Å². The molecule has 0 bridgehead atoms. The zero-order chi connectivity index (χ0) is 21.1. The third-order valence-corrected chi connectivity index (χ3v) is 5.18. The molecule has 9 nitrogen and oxygen atoms in total. The first-order valence-corrected chi connectivity index (χ1v) is 9.84. The maximum Gasteiger partial charge on any atom is 0.277 e. The largest absolute Gasteiger partial charge is 0.370 e. The van der Waals surface area contributed by atoms with Crippen LogP contribution in [0.15, 0.2) is 47.3 Å². The summed E-state index contributed by atoms with van der Waals surface area (Å²) in [4.78, 5) is 38.9. The molecule has 1 aromatic heterocycles. The molecule has 3 aromatic rings. The molecule has 1 aliphatic heterocycles. The quantitative estimate of drug-likeness (QED) is 0.640. The molecule has 0 spiro atoms. The van der Waals surface area contributed by atoms with Crippen molar-refractivity contribution < 1.29 is 9.59 Å². The minimum Gasteiger partial charge on any atom is -0.370 e. The van der Waals surface area contributed by atoms with Crippen molar-refractivity contribution in [3.05, 3.63) is 58.4 Å². The summed E-state index contributed by atoms with van der Waals surface area (Å²) in [6.45, 7) is 1.87. The number of hydrogen-bond acceptors (Lipinski definition) is 6. The van der Waals surface area contributed by atoms with Gasteiger partial charge in [0, 0.05) is 25.1 Å². The third-order valence-electron chi connectivity index (χ3n) is 5.18. The van der Waals surface area contributed by atoms with Crippen molar-refractivity contribution in [2.24, 2.45) is 5.73 Å². The topological polar surface area (TPSA) is 123 Å². The molecule has 30 heavy (non-hydrogen) atoms. The van der Waals surface area contributed by atoms with Gasteiger partial charge >= 0.3 is 0 Å². The van der Waals surface area contributed by atoms with Crippen LogP contribution in [-0.2, 0) is 11.3 Å². The fourth-order valence-electron chi connectivity index (χ4n) is 3.61. The predicted molar refractivity (Wildman–Crippen MR) is 113 cm³/mol. The summed E-state index contributed by atoms with van der Waals surface area (Å²) >= 11 is 0. The summed E-state index contributed by atoms with van der Waals surface area (Å²) in [6.07, 6.45) is 2.19. The van der Waals surface area contributed by atoms with Gasteiger partial charge in [0.1, 0.15) is 5.52 Å². The Morgan fingerprint density at radius 2 is 1.87 bits per heavy atom. The number of amides is 2. The Labute approximate surface area is 172 Å². The maximum atomic E-state index is 12.6. The lowest BCUT2D eigenvalue weighted by Crippen LogP contribution is -2.27. The van der Waals surface area contributed by atoms with Crippen molar-refractivity contribution in [1.29, 1.82) is 0 Å². The van der Waals surface area contributed by atoms with Gasteiger partial charge in [-0.3, -0.25) is 14.4 Å². The van der Waals surface area contributed by atoms with Crippen molar-refractivity contribution in [3.8, 4) is 0 Å². The Bertz CT molecular complexity index is 1170. The van der Waals surface area contributed by atoms with E-state index in [1.807, 2.05) is 0 Å². The average Bonchev–Trinajstić information content (AvgIpc) is 3.28. The molecule has 0 aliphatic carbocycles. The van der Waals surface area contributed by atoms with Gasteiger partial charge in [0.15, 0.2) is 0 Å². The monoisotopic (exact) mass is 406 g/mol. The van der Waals surface area contributed by atoms with E-state index in [9.17, 15) is 14.4 Å². The highest BCUT2D eigenvalue weighted by Crippen LogP contribution is 2.30. The molecule has 2 amide bonds. The van der Waals surface area contributed by atoms with E-state index in [1.54, 1.807) is 42.5 Å². The lowest BCUT2D eigenvalue weighted by atomic mass is 10.1. The van der Waals surface area contributed by atoms with Crippen molar-refractivity contribution in [2.45, 2.75) is 25.8 Å². The van der Waals surface area contributed by atoms with Crippen LogP contribution in [0.4, 0.5) is 11.4 Å². The Hall–Kier alpha value is -3.75. The number of nitrogens with two attached hydrogens (primary N) is 1. The van der Waals surface area contributed by atoms with Gasteiger partial charge in [-0.25, -0.2) is 4.68 Å². The van der Waals surface area contributed by atoms with Crippen LogP contribution in [0.1, 0.15) is 29.6 Å². The van der Waals surface area contributed by atoms with Crippen LogP contribution in [0.5, 0.6) is 0 Å². The van der Waals surface area contributed by atoms with Gasteiger partial charge in [-0.15, -0.1) is 5.10 Å². The summed E-state index contributed by atoms with van der Waals surface area (Å²) in [6, 6.07) is 12.0. The molecule has 3 N–H and O–H groups in total. The zero-order valence-electron chi connectivity index (χ0n) is 16.4. The molecule has 0 atom stereocenters. The molecule has 0 radical (unpaired) electrons. The highest BCUT2D eigenvalue weighted by atomic mass is 16.2. The lowest BCUT2D eigenvalue weighted by Gasteiger charge is -2.22. The molecular formula is C21H22N6O3. The Morgan fingerprint density at radius 3 is 2.63 bits per heavy atom. The molecule has 2 heterocycles. The van der Waals surface area contributed by atoms with Crippen molar-refractivity contribution in [2.75, 3.05) is 23.3 Å². The van der Waals surface area contributed by atoms with Gasteiger partial charge in [-0.1, -0.05) is 17.3 Å². The Morgan fingerprint density at radius 1 is 1.10 bits per heavy atom. The predicted octanol–water partition coefficient (Wildman–Crippen LogP) is 1.52. The number of rotatable bonds is 6. The van der Waals surface area contributed by atoms with E-state index in [0.717, 1.165) is 31.6 Å². The van der Waals surface area contributed by atoms with Crippen LogP contribution >= 0.6 is 0 Å². The molecule has 1 aliphatic rings. The van der Waals surface area contributed by atoms with E-state index in [1.165, 1.54) is 4.68 Å². The second kappa shape index (κ2) is 8.32. The number of carbonyl (C=O) groups is 2. The van der Waals surface area contributed by atoms with Gasteiger partial charge in [0.2, 0.25) is 11.8 Å². The number of aryl methyl sites for hydroxylation is 1. The van der Waals surface area contributed by atoms with Crippen LogP contribution in [0, 0.1) is 0 Å². The van der Waals surface area contributed by atoms with Crippen molar-refractivity contribution >= 4 is 34.1 Å². The minimum atomic E-state index is -0.559. The first-order valence-electron chi connectivity index (χ1n) is 9.84. The number of anilines is 2. The van der Waals surface area contributed by atoms with Crippen molar-refractivity contribution in [3.63, 3.8) is 0 Å². The van der Waals surface area contributed by atoms with E-state index in [2.05, 4.69) is 20.5 Å². The summed E-state index contributed by atoms with van der Waals surface area (Å²) in [5.74, 6) is -0.851. The number of hydrogen-bond donors (Lipinski definition) is 2. The molecule has 2 aromatic carbocycles. The molecule has 154 valence electrons. The van der Waals surface area contributed by atoms with Gasteiger partial charge in [-0.05, 0) is 43.2 Å². The summed E-state index contributed by atoms with van der Waals surface area (Å²) < 4.78 is 1.18.